The van der Waals surface area contributed by atoms with E-state index in [9.17, 15) is 0 Å². The molecule has 1 aromatic carbocycles. The number of imidazole rings is 1. The van der Waals surface area contributed by atoms with Gasteiger partial charge in [0.2, 0.25) is 0 Å². The van der Waals surface area contributed by atoms with Crippen LogP contribution in [0.3, 0.4) is 0 Å². The van der Waals surface area contributed by atoms with E-state index in [0.717, 1.165) is 32.5 Å². The van der Waals surface area contributed by atoms with Crippen molar-refractivity contribution in [3.8, 4) is 0 Å². The molecule has 0 spiro atoms. The van der Waals surface area contributed by atoms with E-state index < -0.39 is 0 Å². The predicted molar refractivity (Wildman–Crippen MR) is 79.6 cm³/mol. The Labute approximate surface area is 117 Å². The van der Waals surface area contributed by atoms with Crippen molar-refractivity contribution in [2.75, 3.05) is 13.1 Å². The van der Waals surface area contributed by atoms with Crippen LogP contribution in [-0.2, 0) is 19.4 Å². The highest BCUT2D eigenvalue weighted by Crippen LogP contribution is 2.20. The molecule has 0 saturated heterocycles. The van der Waals surface area contributed by atoms with Gasteiger partial charge in [-0.3, -0.25) is 4.90 Å². The molecule has 3 heterocycles. The molecular weight excluding hydrogens is 248 g/mol. The van der Waals surface area contributed by atoms with Crippen molar-refractivity contribution < 1.29 is 0 Å². The fourth-order valence-corrected chi connectivity index (χ4v) is 3.08. The standard InChI is InChI=1S/C16H18N4/c1-2-4-14-13(3-1)12(9-17-14)5-7-20-8-6-15-16(10-20)19-11-18-15/h1-4,9,11,17H,5-8,10H2,(H,18,19). The summed E-state index contributed by atoms with van der Waals surface area (Å²) in [5.41, 5.74) is 5.18. The van der Waals surface area contributed by atoms with E-state index in [4.69, 9.17) is 0 Å². The summed E-state index contributed by atoms with van der Waals surface area (Å²) >= 11 is 0. The zero-order valence-electron chi connectivity index (χ0n) is 11.4. The molecule has 3 aromatic rings. The zero-order valence-corrected chi connectivity index (χ0v) is 11.4. The van der Waals surface area contributed by atoms with Crippen LogP contribution in [0.15, 0.2) is 36.8 Å². The Morgan fingerprint density at radius 3 is 3.15 bits per heavy atom. The van der Waals surface area contributed by atoms with Crippen LogP contribution in [0.4, 0.5) is 0 Å². The lowest BCUT2D eigenvalue weighted by atomic mass is 10.1. The largest absolute Gasteiger partial charge is 0.361 e. The number of aromatic amines is 2. The Balaban J connectivity index is 1.46. The molecule has 0 amide bonds. The Kier molecular flexibility index (Phi) is 2.81. The first-order valence-corrected chi connectivity index (χ1v) is 7.18. The van der Waals surface area contributed by atoms with Crippen molar-refractivity contribution in [3.63, 3.8) is 0 Å². The summed E-state index contributed by atoms with van der Waals surface area (Å²) in [7, 11) is 0. The van der Waals surface area contributed by atoms with E-state index in [0.29, 0.717) is 0 Å². The summed E-state index contributed by atoms with van der Waals surface area (Å²) in [4.78, 5) is 13.5. The number of hydrogen-bond donors (Lipinski definition) is 2. The number of benzene rings is 1. The molecule has 2 aromatic heterocycles. The van der Waals surface area contributed by atoms with Gasteiger partial charge in [0.15, 0.2) is 0 Å². The highest BCUT2D eigenvalue weighted by Gasteiger charge is 2.18. The Morgan fingerprint density at radius 1 is 1.20 bits per heavy atom. The van der Waals surface area contributed by atoms with Crippen molar-refractivity contribution >= 4 is 10.9 Å². The van der Waals surface area contributed by atoms with Gasteiger partial charge in [0.25, 0.3) is 0 Å². The fraction of sp³-hybridized carbons (Fsp3) is 0.312. The lowest BCUT2D eigenvalue weighted by Crippen LogP contribution is -2.32. The molecular formula is C16H18N4. The van der Waals surface area contributed by atoms with Crippen LogP contribution in [-0.4, -0.2) is 32.9 Å². The van der Waals surface area contributed by atoms with Gasteiger partial charge in [-0.05, 0) is 18.1 Å². The average molecular weight is 266 g/mol. The van der Waals surface area contributed by atoms with Gasteiger partial charge in [0.1, 0.15) is 0 Å². The van der Waals surface area contributed by atoms with Crippen molar-refractivity contribution in [1.29, 1.82) is 0 Å². The number of nitrogens with one attached hydrogen (secondary N) is 2. The van der Waals surface area contributed by atoms with Crippen molar-refractivity contribution in [2.45, 2.75) is 19.4 Å². The van der Waals surface area contributed by atoms with E-state index in [1.165, 1.54) is 27.9 Å². The van der Waals surface area contributed by atoms with E-state index in [2.05, 4.69) is 50.3 Å². The minimum absolute atomic E-state index is 0.998. The highest BCUT2D eigenvalue weighted by molar-refractivity contribution is 5.83. The number of rotatable bonds is 3. The number of H-pyrrole nitrogens is 2. The smallest absolute Gasteiger partial charge is 0.0925 e. The molecule has 1 aliphatic heterocycles. The predicted octanol–water partition coefficient (Wildman–Crippen LogP) is 2.49. The average Bonchev–Trinajstić information content (AvgIpc) is 3.11. The topological polar surface area (TPSA) is 47.7 Å². The molecule has 0 aliphatic carbocycles. The van der Waals surface area contributed by atoms with Crippen LogP contribution in [0, 0.1) is 0 Å². The molecule has 0 atom stereocenters. The third-order valence-corrected chi connectivity index (χ3v) is 4.23. The normalized spacial score (nSPS) is 15.6. The Morgan fingerprint density at radius 2 is 2.15 bits per heavy atom. The van der Waals surface area contributed by atoms with Gasteiger partial charge in [0.05, 0.1) is 17.7 Å². The molecule has 0 bridgehead atoms. The molecule has 0 fully saturated rings. The molecule has 4 nitrogen and oxygen atoms in total. The fourth-order valence-electron chi connectivity index (χ4n) is 3.08. The van der Waals surface area contributed by atoms with Gasteiger partial charge in [-0.25, -0.2) is 4.98 Å². The van der Waals surface area contributed by atoms with Gasteiger partial charge in [-0.15, -0.1) is 0 Å². The van der Waals surface area contributed by atoms with E-state index in [1.807, 2.05) is 6.33 Å². The first kappa shape index (κ1) is 11.7. The molecule has 102 valence electrons. The van der Waals surface area contributed by atoms with E-state index in [-0.39, 0.29) is 0 Å². The van der Waals surface area contributed by atoms with Crippen LogP contribution >= 0.6 is 0 Å². The number of para-hydroxylation sites is 1. The maximum Gasteiger partial charge on any atom is 0.0925 e. The van der Waals surface area contributed by atoms with Crippen molar-refractivity contribution in [3.05, 3.63) is 53.7 Å². The summed E-state index contributed by atoms with van der Waals surface area (Å²) < 4.78 is 0. The summed E-state index contributed by atoms with van der Waals surface area (Å²) in [5.74, 6) is 0. The van der Waals surface area contributed by atoms with Gasteiger partial charge < -0.3 is 9.97 Å². The monoisotopic (exact) mass is 266 g/mol. The number of aromatic nitrogens is 3. The third-order valence-electron chi connectivity index (χ3n) is 4.23. The van der Waals surface area contributed by atoms with Gasteiger partial charge in [0, 0.05) is 43.2 Å². The molecule has 0 saturated carbocycles. The number of hydrogen-bond acceptors (Lipinski definition) is 2. The first-order valence-electron chi connectivity index (χ1n) is 7.18. The van der Waals surface area contributed by atoms with Gasteiger partial charge in [-0.1, -0.05) is 18.2 Å². The zero-order chi connectivity index (χ0) is 13.4. The summed E-state index contributed by atoms with van der Waals surface area (Å²) in [6.07, 6.45) is 6.12. The summed E-state index contributed by atoms with van der Waals surface area (Å²) in [5, 5.41) is 1.35. The molecule has 1 aliphatic rings. The van der Waals surface area contributed by atoms with Crippen LogP contribution in [0.5, 0.6) is 0 Å². The molecule has 4 heteroatoms. The second-order valence-electron chi connectivity index (χ2n) is 5.46. The van der Waals surface area contributed by atoms with E-state index >= 15 is 0 Å². The number of fused-ring (bicyclic) bond motifs is 2. The summed E-state index contributed by atoms with van der Waals surface area (Å²) in [6.45, 7) is 3.21. The SMILES string of the molecule is c1ccc2c(CCN3CCc4nc[nH]c4C3)c[nH]c2c1. The van der Waals surface area contributed by atoms with E-state index in [1.54, 1.807) is 0 Å². The highest BCUT2D eigenvalue weighted by atomic mass is 15.1. The Bertz CT molecular complexity index is 725. The maximum absolute atomic E-state index is 4.35. The van der Waals surface area contributed by atoms with Crippen LogP contribution in [0.25, 0.3) is 10.9 Å². The maximum atomic E-state index is 4.35. The van der Waals surface area contributed by atoms with Crippen LogP contribution in [0.2, 0.25) is 0 Å². The lowest BCUT2D eigenvalue weighted by Gasteiger charge is -2.25. The van der Waals surface area contributed by atoms with Crippen molar-refractivity contribution in [2.24, 2.45) is 0 Å². The third kappa shape index (κ3) is 2.02. The molecule has 20 heavy (non-hydrogen) atoms. The molecule has 0 radical (unpaired) electrons. The molecule has 4 rings (SSSR count). The minimum atomic E-state index is 0.998. The first-order chi connectivity index (χ1) is 9.90. The summed E-state index contributed by atoms with van der Waals surface area (Å²) in [6, 6.07) is 8.52. The van der Waals surface area contributed by atoms with Crippen molar-refractivity contribution in [1.82, 2.24) is 19.9 Å². The van der Waals surface area contributed by atoms with Gasteiger partial charge in [-0.2, -0.15) is 0 Å². The second kappa shape index (κ2) is 4.80. The second-order valence-corrected chi connectivity index (χ2v) is 5.46. The van der Waals surface area contributed by atoms with Crippen LogP contribution < -0.4 is 0 Å². The molecule has 2 N–H and O–H groups in total. The van der Waals surface area contributed by atoms with Gasteiger partial charge >= 0.3 is 0 Å². The lowest BCUT2D eigenvalue weighted by molar-refractivity contribution is 0.253. The Hall–Kier alpha value is -2.07. The number of nitrogens with zero attached hydrogens (tertiary/aromatic N) is 2. The minimum Gasteiger partial charge on any atom is -0.361 e. The quantitative estimate of drug-likeness (QED) is 0.765. The van der Waals surface area contributed by atoms with Crippen LogP contribution in [0.1, 0.15) is 17.0 Å². The molecule has 0 unspecified atom stereocenters.